The van der Waals surface area contributed by atoms with Crippen LogP contribution in [0, 0.1) is 0 Å². The zero-order valence-corrected chi connectivity index (χ0v) is 8.94. The molecule has 1 aromatic carbocycles. The van der Waals surface area contributed by atoms with Gasteiger partial charge < -0.3 is 5.11 Å². The number of carbonyl (C=O) groups excluding carboxylic acids is 1. The van der Waals surface area contributed by atoms with Crippen LogP contribution in [0.4, 0.5) is 0 Å². The minimum absolute atomic E-state index is 0.0877. The Balaban J connectivity index is 2.38. The van der Waals surface area contributed by atoms with E-state index in [0.717, 1.165) is 30.4 Å². The highest BCUT2D eigenvalue weighted by Crippen LogP contribution is 2.36. The number of hydrogen-bond donors (Lipinski definition) is 1. The van der Waals surface area contributed by atoms with Crippen LogP contribution in [0.15, 0.2) is 24.3 Å². The predicted molar refractivity (Wildman–Crippen MR) is 59.0 cm³/mol. The van der Waals surface area contributed by atoms with E-state index in [2.05, 4.69) is 0 Å². The van der Waals surface area contributed by atoms with Gasteiger partial charge in [0.05, 0.1) is 6.10 Å². The molecule has 0 bridgehead atoms. The fraction of sp³-hybridized carbons (Fsp3) is 0.462. The van der Waals surface area contributed by atoms with Gasteiger partial charge in [-0.15, -0.1) is 0 Å². The first-order valence-corrected chi connectivity index (χ1v) is 5.48. The molecule has 2 nitrogen and oxygen atoms in total. The molecule has 0 aromatic heterocycles. The van der Waals surface area contributed by atoms with Gasteiger partial charge >= 0.3 is 0 Å². The van der Waals surface area contributed by atoms with E-state index in [1.807, 2.05) is 24.3 Å². The number of hydrogen-bond acceptors (Lipinski definition) is 2. The van der Waals surface area contributed by atoms with Crippen LogP contribution >= 0.6 is 0 Å². The number of Topliss-reactive ketones (excluding diaryl/α,β-unsaturated/α-hetero) is 1. The summed E-state index contributed by atoms with van der Waals surface area (Å²) < 4.78 is 0. The summed E-state index contributed by atoms with van der Waals surface area (Å²) in [5.74, 6) is 0.245. The van der Waals surface area contributed by atoms with Crippen molar-refractivity contribution in [3.05, 3.63) is 35.4 Å². The van der Waals surface area contributed by atoms with Crippen LogP contribution in [0.1, 0.15) is 48.0 Å². The van der Waals surface area contributed by atoms with E-state index in [-0.39, 0.29) is 17.8 Å². The third-order valence-corrected chi connectivity index (χ3v) is 3.22. The zero-order valence-electron chi connectivity index (χ0n) is 8.94. The van der Waals surface area contributed by atoms with Crippen LogP contribution in [-0.2, 0) is 0 Å². The van der Waals surface area contributed by atoms with E-state index in [1.165, 1.54) is 0 Å². The van der Waals surface area contributed by atoms with E-state index in [4.69, 9.17) is 0 Å². The summed E-state index contributed by atoms with van der Waals surface area (Å²) in [6.07, 6.45) is 2.63. The lowest BCUT2D eigenvalue weighted by atomic mass is 9.90. The van der Waals surface area contributed by atoms with Crippen molar-refractivity contribution >= 4 is 5.78 Å². The molecule has 1 fully saturated rings. The smallest absolute Gasteiger partial charge is 0.160 e. The Morgan fingerprint density at radius 2 is 2.07 bits per heavy atom. The Labute approximate surface area is 89.9 Å². The minimum atomic E-state index is -0.273. The van der Waals surface area contributed by atoms with Gasteiger partial charge in [-0.05, 0) is 25.3 Å². The second kappa shape index (κ2) is 4.15. The summed E-state index contributed by atoms with van der Waals surface area (Å²) in [5.41, 5.74) is 1.79. The summed E-state index contributed by atoms with van der Waals surface area (Å²) in [4.78, 5) is 11.4. The van der Waals surface area contributed by atoms with Crippen molar-refractivity contribution in [1.82, 2.24) is 0 Å². The van der Waals surface area contributed by atoms with Crippen molar-refractivity contribution in [2.24, 2.45) is 0 Å². The first-order chi connectivity index (χ1) is 7.20. The summed E-state index contributed by atoms with van der Waals surface area (Å²) in [6.45, 7) is 1.58. The molecule has 1 N–H and O–H groups in total. The SMILES string of the molecule is CC(=O)c1ccccc1[C@@H]1CCC[C@H]1O. The van der Waals surface area contributed by atoms with Gasteiger partial charge in [-0.25, -0.2) is 0 Å². The van der Waals surface area contributed by atoms with Crippen LogP contribution in [0.25, 0.3) is 0 Å². The van der Waals surface area contributed by atoms with Crippen molar-refractivity contribution in [1.29, 1.82) is 0 Å². The third-order valence-electron chi connectivity index (χ3n) is 3.22. The van der Waals surface area contributed by atoms with Crippen LogP contribution in [0.2, 0.25) is 0 Å². The normalized spacial score (nSPS) is 25.5. The molecule has 1 aliphatic carbocycles. The monoisotopic (exact) mass is 204 g/mol. The van der Waals surface area contributed by atoms with Gasteiger partial charge in [0.25, 0.3) is 0 Å². The van der Waals surface area contributed by atoms with E-state index in [9.17, 15) is 9.90 Å². The predicted octanol–water partition coefficient (Wildman–Crippen LogP) is 2.52. The second-order valence-corrected chi connectivity index (χ2v) is 4.25. The topological polar surface area (TPSA) is 37.3 Å². The summed E-state index contributed by atoms with van der Waals surface area (Å²) >= 11 is 0. The maximum Gasteiger partial charge on any atom is 0.160 e. The van der Waals surface area contributed by atoms with Gasteiger partial charge in [-0.2, -0.15) is 0 Å². The van der Waals surface area contributed by atoms with Gasteiger partial charge in [-0.3, -0.25) is 4.79 Å². The number of aliphatic hydroxyl groups excluding tert-OH is 1. The first-order valence-electron chi connectivity index (χ1n) is 5.48. The highest BCUT2D eigenvalue weighted by atomic mass is 16.3. The van der Waals surface area contributed by atoms with Gasteiger partial charge in [0.2, 0.25) is 0 Å². The molecule has 0 unspecified atom stereocenters. The van der Waals surface area contributed by atoms with Crippen molar-refractivity contribution in [3.8, 4) is 0 Å². The van der Waals surface area contributed by atoms with E-state index >= 15 is 0 Å². The summed E-state index contributed by atoms with van der Waals surface area (Å²) in [6, 6.07) is 7.63. The molecule has 2 atom stereocenters. The molecule has 2 heteroatoms. The third kappa shape index (κ3) is 1.95. The van der Waals surface area contributed by atoms with Crippen LogP contribution < -0.4 is 0 Å². The molecule has 0 amide bonds. The molecular formula is C13H16O2. The van der Waals surface area contributed by atoms with Crippen molar-refractivity contribution in [3.63, 3.8) is 0 Å². The highest BCUT2D eigenvalue weighted by Gasteiger charge is 2.28. The average Bonchev–Trinajstić information content (AvgIpc) is 2.64. The molecule has 1 saturated carbocycles. The number of carbonyl (C=O) groups is 1. The minimum Gasteiger partial charge on any atom is -0.392 e. The van der Waals surface area contributed by atoms with Crippen molar-refractivity contribution < 1.29 is 9.90 Å². The molecule has 15 heavy (non-hydrogen) atoms. The Hall–Kier alpha value is -1.15. The molecule has 0 radical (unpaired) electrons. The Morgan fingerprint density at radius 3 is 2.67 bits per heavy atom. The quantitative estimate of drug-likeness (QED) is 0.751. The maximum atomic E-state index is 11.4. The largest absolute Gasteiger partial charge is 0.392 e. The van der Waals surface area contributed by atoms with Crippen molar-refractivity contribution in [2.75, 3.05) is 0 Å². The fourth-order valence-corrected chi connectivity index (χ4v) is 2.44. The molecule has 1 aromatic rings. The molecular weight excluding hydrogens is 188 g/mol. The van der Waals surface area contributed by atoms with Gasteiger partial charge in [0.1, 0.15) is 0 Å². The van der Waals surface area contributed by atoms with Gasteiger partial charge in [0.15, 0.2) is 5.78 Å². The molecule has 0 spiro atoms. The summed E-state index contributed by atoms with van der Waals surface area (Å²) in [7, 11) is 0. The highest BCUT2D eigenvalue weighted by molar-refractivity contribution is 5.95. The van der Waals surface area contributed by atoms with E-state index in [0.29, 0.717) is 0 Å². The van der Waals surface area contributed by atoms with Gasteiger partial charge in [-0.1, -0.05) is 30.7 Å². The van der Waals surface area contributed by atoms with Gasteiger partial charge in [0, 0.05) is 11.5 Å². The second-order valence-electron chi connectivity index (χ2n) is 4.25. The Kier molecular flexibility index (Phi) is 2.87. The Morgan fingerprint density at radius 1 is 1.33 bits per heavy atom. The molecule has 0 aliphatic heterocycles. The lowest BCUT2D eigenvalue weighted by Crippen LogP contribution is -2.14. The number of aliphatic hydroxyl groups is 1. The molecule has 1 aliphatic rings. The maximum absolute atomic E-state index is 11.4. The number of ketones is 1. The van der Waals surface area contributed by atoms with Crippen molar-refractivity contribution in [2.45, 2.75) is 38.2 Å². The summed E-state index contributed by atoms with van der Waals surface area (Å²) in [5, 5.41) is 9.84. The lowest BCUT2D eigenvalue weighted by molar-refractivity contribution is 0.101. The molecule has 80 valence electrons. The van der Waals surface area contributed by atoms with Crippen LogP contribution in [0.3, 0.4) is 0 Å². The molecule has 0 saturated heterocycles. The lowest BCUT2D eigenvalue weighted by Gasteiger charge is -2.17. The zero-order chi connectivity index (χ0) is 10.8. The molecule has 0 heterocycles. The fourth-order valence-electron chi connectivity index (χ4n) is 2.44. The number of benzene rings is 1. The van der Waals surface area contributed by atoms with E-state index in [1.54, 1.807) is 6.92 Å². The van der Waals surface area contributed by atoms with E-state index < -0.39 is 0 Å². The van der Waals surface area contributed by atoms with Crippen LogP contribution in [0.5, 0.6) is 0 Å². The Bertz CT molecular complexity index is 371. The first kappa shape index (κ1) is 10.4. The standard InChI is InChI=1S/C13H16O2/c1-9(14)10-5-2-3-6-11(10)12-7-4-8-13(12)15/h2-3,5-6,12-13,15H,4,7-8H2,1H3/t12-,13+/m0/s1. The molecule has 2 rings (SSSR count). The average molecular weight is 204 g/mol. The van der Waals surface area contributed by atoms with Crippen LogP contribution in [-0.4, -0.2) is 17.0 Å². The number of rotatable bonds is 2.